The molecule has 1 N–H and O–H groups in total. The highest BCUT2D eigenvalue weighted by atomic mass is 32.2. The number of rotatable bonds is 4. The van der Waals surface area contributed by atoms with Crippen molar-refractivity contribution in [3.05, 3.63) is 40.2 Å². The molecule has 1 aromatic carbocycles. The molecule has 0 saturated carbocycles. The molecule has 11 heteroatoms. The van der Waals surface area contributed by atoms with Gasteiger partial charge in [-0.2, -0.15) is 0 Å². The number of hydrogen-bond donors (Lipinski definition) is 1. The van der Waals surface area contributed by atoms with E-state index in [9.17, 15) is 18.0 Å². The number of ether oxygens (including phenoxy) is 2. The maximum Gasteiger partial charge on any atom is 0.266 e. The summed E-state index contributed by atoms with van der Waals surface area (Å²) in [5.74, 6) is 0.207. The second-order valence-electron chi connectivity index (χ2n) is 6.21. The summed E-state index contributed by atoms with van der Waals surface area (Å²) in [6.45, 7) is -0.110. The lowest BCUT2D eigenvalue weighted by Gasteiger charge is -2.16. The second kappa shape index (κ2) is 7.22. The Morgan fingerprint density at radius 2 is 2.14 bits per heavy atom. The van der Waals surface area contributed by atoms with Gasteiger partial charge in [-0.25, -0.2) is 8.42 Å². The summed E-state index contributed by atoms with van der Waals surface area (Å²) in [5.41, 5.74) is 0.746. The van der Waals surface area contributed by atoms with Crippen LogP contribution in [0, 0.1) is 0 Å². The van der Waals surface area contributed by atoms with Crippen molar-refractivity contribution in [1.29, 1.82) is 0 Å². The molecule has 0 bridgehead atoms. The number of nitrogens with zero attached hydrogens (tertiary/aromatic N) is 1. The second-order valence-corrected chi connectivity index (χ2v) is 9.82. The molecule has 3 aliphatic rings. The number of carbonyl (C=O) groups is 2. The van der Waals surface area contributed by atoms with Gasteiger partial charge in [0.15, 0.2) is 21.3 Å². The molecule has 1 saturated heterocycles. The van der Waals surface area contributed by atoms with Crippen molar-refractivity contribution in [2.24, 2.45) is 0 Å². The zero-order chi connectivity index (χ0) is 19.9. The van der Waals surface area contributed by atoms with Crippen molar-refractivity contribution in [3.8, 4) is 11.5 Å². The normalized spacial score (nSPS) is 23.6. The molecule has 1 aromatic rings. The summed E-state index contributed by atoms with van der Waals surface area (Å²) in [6.07, 6.45) is 3.09. The van der Waals surface area contributed by atoms with Crippen LogP contribution in [0.5, 0.6) is 11.5 Å². The molecule has 8 nitrogen and oxygen atoms in total. The number of hydrogen-bond acceptors (Lipinski definition) is 8. The summed E-state index contributed by atoms with van der Waals surface area (Å²) in [5, 5.41) is 3.65. The van der Waals surface area contributed by atoms with Crippen LogP contribution in [0.15, 0.2) is 34.6 Å². The molecular weight excluding hydrogens is 424 g/mol. The summed E-state index contributed by atoms with van der Waals surface area (Å²) in [7, 11) is -3.27. The minimum Gasteiger partial charge on any atom is -0.454 e. The Morgan fingerprint density at radius 1 is 1.36 bits per heavy atom. The van der Waals surface area contributed by atoms with Gasteiger partial charge in [0.25, 0.3) is 5.91 Å². The molecule has 3 aliphatic heterocycles. The van der Waals surface area contributed by atoms with Crippen molar-refractivity contribution >= 4 is 56.0 Å². The Hall–Kier alpha value is -2.37. The van der Waals surface area contributed by atoms with Crippen molar-refractivity contribution < 1.29 is 27.5 Å². The maximum absolute atomic E-state index is 12.6. The molecule has 28 heavy (non-hydrogen) atoms. The van der Waals surface area contributed by atoms with Crippen LogP contribution in [-0.2, 0) is 19.4 Å². The molecule has 1 atom stereocenters. The summed E-state index contributed by atoms with van der Waals surface area (Å²) >= 11 is 6.32. The smallest absolute Gasteiger partial charge is 0.266 e. The van der Waals surface area contributed by atoms with E-state index < -0.39 is 21.8 Å². The molecule has 146 valence electrons. The van der Waals surface area contributed by atoms with Gasteiger partial charge in [0.1, 0.15) is 10.9 Å². The third kappa shape index (κ3) is 3.91. The van der Waals surface area contributed by atoms with E-state index in [0.29, 0.717) is 16.4 Å². The van der Waals surface area contributed by atoms with Crippen LogP contribution in [-0.4, -0.2) is 54.6 Å². The predicted molar refractivity (Wildman–Crippen MR) is 107 cm³/mol. The minimum absolute atomic E-state index is 0.160. The van der Waals surface area contributed by atoms with Crippen molar-refractivity contribution in [2.45, 2.75) is 6.04 Å². The Balaban J connectivity index is 1.42. The molecule has 4 rings (SSSR count). The zero-order valence-electron chi connectivity index (χ0n) is 14.3. The Bertz CT molecular complexity index is 1050. The molecule has 2 amide bonds. The molecule has 0 aromatic heterocycles. The number of carbonyl (C=O) groups excluding carboxylic acids is 2. The molecule has 3 heterocycles. The van der Waals surface area contributed by atoms with Crippen LogP contribution in [0.1, 0.15) is 5.56 Å². The predicted octanol–water partition coefficient (Wildman–Crippen LogP) is 1.04. The maximum atomic E-state index is 12.6. The largest absolute Gasteiger partial charge is 0.454 e. The molecule has 0 radical (unpaired) electrons. The fourth-order valence-electron chi connectivity index (χ4n) is 2.85. The fourth-order valence-corrected chi connectivity index (χ4v) is 5.34. The third-order valence-electron chi connectivity index (χ3n) is 4.15. The first-order valence-electron chi connectivity index (χ1n) is 8.16. The lowest BCUT2D eigenvalue weighted by molar-refractivity contribution is -0.128. The Labute approximate surface area is 170 Å². The first-order chi connectivity index (χ1) is 13.3. The van der Waals surface area contributed by atoms with Crippen molar-refractivity contribution in [2.75, 3.05) is 19.1 Å². The number of thiocarbonyl (C=S) groups is 1. The van der Waals surface area contributed by atoms with Crippen LogP contribution in [0.25, 0.3) is 6.08 Å². The first-order valence-corrected chi connectivity index (χ1v) is 11.1. The zero-order valence-corrected chi connectivity index (χ0v) is 16.7. The van der Waals surface area contributed by atoms with E-state index in [-0.39, 0.29) is 29.3 Å². The number of benzene rings is 1. The number of amides is 2. The lowest BCUT2D eigenvalue weighted by Crippen LogP contribution is -2.43. The number of nitrogens with one attached hydrogen (secondary N) is 1. The molecule has 0 spiro atoms. The Morgan fingerprint density at radius 3 is 2.89 bits per heavy atom. The van der Waals surface area contributed by atoms with Gasteiger partial charge in [0.05, 0.1) is 16.7 Å². The molecule has 1 fully saturated rings. The van der Waals surface area contributed by atoms with Gasteiger partial charge in [0.2, 0.25) is 12.7 Å². The van der Waals surface area contributed by atoms with Gasteiger partial charge in [-0.3, -0.25) is 14.5 Å². The van der Waals surface area contributed by atoms with Gasteiger partial charge in [-0.1, -0.05) is 30.0 Å². The number of thioether (sulfide) groups is 1. The van der Waals surface area contributed by atoms with E-state index in [1.807, 2.05) is 0 Å². The van der Waals surface area contributed by atoms with E-state index in [4.69, 9.17) is 21.7 Å². The minimum atomic E-state index is -3.27. The number of sulfone groups is 1. The standard InChI is InChI=1S/C17H14N2O6S3/c20-15(18-11-3-4-28(22,23)8-11)7-19-16(21)14(27-17(19)26)6-10-1-2-12-13(5-10)25-9-24-12/h1-6,11H,7-9H2,(H,18,20)/b14-6-/t11-/m0/s1. The lowest BCUT2D eigenvalue weighted by atomic mass is 10.2. The van der Waals surface area contributed by atoms with E-state index >= 15 is 0 Å². The summed E-state index contributed by atoms with van der Waals surface area (Å²) < 4.78 is 33.7. The van der Waals surface area contributed by atoms with Crippen molar-refractivity contribution in [1.82, 2.24) is 10.2 Å². The highest BCUT2D eigenvalue weighted by Crippen LogP contribution is 2.36. The van der Waals surface area contributed by atoms with E-state index in [2.05, 4.69) is 5.32 Å². The van der Waals surface area contributed by atoms with Gasteiger partial charge in [-0.05, 0) is 29.8 Å². The molecule has 0 aliphatic carbocycles. The average molecular weight is 439 g/mol. The van der Waals surface area contributed by atoms with Gasteiger partial charge >= 0.3 is 0 Å². The summed E-state index contributed by atoms with van der Waals surface area (Å²) in [6, 6.07) is 4.71. The topological polar surface area (TPSA) is 102 Å². The van der Waals surface area contributed by atoms with Crippen LogP contribution >= 0.6 is 24.0 Å². The Kier molecular flexibility index (Phi) is 4.89. The SMILES string of the molecule is O=C(CN1C(=O)/C(=C/c2ccc3c(c2)OCO3)SC1=S)N[C@H]1C=CS(=O)(=O)C1. The molecular formula is C17H14N2O6S3. The van der Waals surface area contributed by atoms with Gasteiger partial charge in [-0.15, -0.1) is 0 Å². The third-order valence-corrected chi connectivity index (χ3v) is 6.92. The van der Waals surface area contributed by atoms with E-state index in [1.54, 1.807) is 24.3 Å². The van der Waals surface area contributed by atoms with Gasteiger partial charge < -0.3 is 14.8 Å². The molecule has 0 unspecified atom stereocenters. The van der Waals surface area contributed by atoms with E-state index in [1.165, 1.54) is 11.0 Å². The van der Waals surface area contributed by atoms with Crippen LogP contribution in [0.3, 0.4) is 0 Å². The first kappa shape index (κ1) is 19.0. The highest BCUT2D eigenvalue weighted by molar-refractivity contribution is 8.26. The summed E-state index contributed by atoms with van der Waals surface area (Å²) in [4.78, 5) is 26.4. The van der Waals surface area contributed by atoms with Crippen LogP contribution in [0.2, 0.25) is 0 Å². The van der Waals surface area contributed by atoms with Crippen LogP contribution in [0.4, 0.5) is 0 Å². The monoisotopic (exact) mass is 438 g/mol. The number of fused-ring (bicyclic) bond motifs is 1. The van der Waals surface area contributed by atoms with Gasteiger partial charge in [0, 0.05) is 5.41 Å². The fraction of sp³-hybridized carbons (Fsp3) is 0.235. The van der Waals surface area contributed by atoms with Crippen molar-refractivity contribution in [3.63, 3.8) is 0 Å². The van der Waals surface area contributed by atoms with E-state index in [0.717, 1.165) is 22.7 Å². The highest BCUT2D eigenvalue weighted by Gasteiger charge is 2.34. The van der Waals surface area contributed by atoms with Crippen LogP contribution < -0.4 is 14.8 Å². The average Bonchev–Trinajstić information content (AvgIpc) is 3.29. The quantitative estimate of drug-likeness (QED) is 0.550.